The van der Waals surface area contributed by atoms with Crippen LogP contribution in [-0.4, -0.2) is 11.8 Å². The Kier molecular flexibility index (Phi) is 5.23. The summed E-state index contributed by atoms with van der Waals surface area (Å²) < 4.78 is 37.9. The van der Waals surface area contributed by atoms with Gasteiger partial charge in [0.25, 0.3) is 0 Å². The largest absolute Gasteiger partial charge is 0.416 e. The van der Waals surface area contributed by atoms with Gasteiger partial charge in [-0.15, -0.1) is 0 Å². The molecule has 0 aliphatic carbocycles. The zero-order chi connectivity index (χ0) is 17.7. The van der Waals surface area contributed by atoms with Gasteiger partial charge in [0.1, 0.15) is 0 Å². The molecular formula is C17H15F3N2O2. The van der Waals surface area contributed by atoms with Crippen molar-refractivity contribution in [1.29, 1.82) is 0 Å². The Hall–Kier alpha value is -2.83. The Morgan fingerprint density at radius 3 is 2.33 bits per heavy atom. The van der Waals surface area contributed by atoms with Gasteiger partial charge in [-0.2, -0.15) is 13.2 Å². The fraction of sp³-hybridized carbons (Fsp3) is 0.176. The molecule has 2 amide bonds. The van der Waals surface area contributed by atoms with Crippen molar-refractivity contribution >= 4 is 11.8 Å². The molecule has 2 aromatic carbocycles. The lowest BCUT2D eigenvalue weighted by Gasteiger charge is -2.09. The summed E-state index contributed by atoms with van der Waals surface area (Å²) in [4.78, 5) is 23.0. The van der Waals surface area contributed by atoms with Crippen molar-refractivity contribution in [3.63, 3.8) is 0 Å². The molecule has 0 heterocycles. The quantitative estimate of drug-likeness (QED) is 0.881. The van der Waals surface area contributed by atoms with Crippen molar-refractivity contribution < 1.29 is 22.8 Å². The van der Waals surface area contributed by atoms with Crippen LogP contribution in [-0.2, 0) is 23.9 Å². The molecule has 126 valence electrons. The van der Waals surface area contributed by atoms with Gasteiger partial charge in [-0.1, -0.05) is 30.3 Å². The number of amides is 2. The van der Waals surface area contributed by atoms with Crippen molar-refractivity contribution in [2.75, 3.05) is 0 Å². The third kappa shape index (κ3) is 4.84. The SMILES string of the molecule is NC(=O)c1cccc(CNC(=O)Cc2cccc(C(F)(F)F)c2)c1. The van der Waals surface area contributed by atoms with Crippen LogP contribution in [0.4, 0.5) is 13.2 Å². The normalized spacial score (nSPS) is 11.1. The number of nitrogens with one attached hydrogen (secondary N) is 1. The number of alkyl halides is 3. The molecule has 0 atom stereocenters. The monoisotopic (exact) mass is 336 g/mol. The summed E-state index contributed by atoms with van der Waals surface area (Å²) in [6, 6.07) is 11.1. The molecule has 0 fully saturated rings. The van der Waals surface area contributed by atoms with Crippen LogP contribution in [0.5, 0.6) is 0 Å². The molecule has 0 unspecified atom stereocenters. The molecule has 24 heavy (non-hydrogen) atoms. The van der Waals surface area contributed by atoms with Crippen LogP contribution >= 0.6 is 0 Å². The maximum atomic E-state index is 12.6. The molecule has 0 saturated carbocycles. The second-order valence-corrected chi connectivity index (χ2v) is 5.22. The number of carbonyl (C=O) groups is 2. The molecule has 7 heteroatoms. The van der Waals surface area contributed by atoms with Gasteiger partial charge in [0.05, 0.1) is 12.0 Å². The van der Waals surface area contributed by atoms with E-state index < -0.39 is 23.6 Å². The second kappa shape index (κ2) is 7.16. The van der Waals surface area contributed by atoms with E-state index in [1.807, 2.05) is 0 Å². The van der Waals surface area contributed by atoms with E-state index in [-0.39, 0.29) is 18.5 Å². The van der Waals surface area contributed by atoms with Crippen LogP contribution in [0, 0.1) is 0 Å². The Bertz CT molecular complexity index is 757. The van der Waals surface area contributed by atoms with Crippen LogP contribution in [0.3, 0.4) is 0 Å². The van der Waals surface area contributed by atoms with Gasteiger partial charge in [-0.05, 0) is 29.3 Å². The number of primary amides is 1. The van der Waals surface area contributed by atoms with Crippen molar-refractivity contribution in [1.82, 2.24) is 5.32 Å². The van der Waals surface area contributed by atoms with Crippen LogP contribution in [0.1, 0.15) is 27.0 Å². The van der Waals surface area contributed by atoms with Gasteiger partial charge < -0.3 is 11.1 Å². The zero-order valence-electron chi connectivity index (χ0n) is 12.6. The lowest BCUT2D eigenvalue weighted by atomic mass is 10.1. The van der Waals surface area contributed by atoms with Gasteiger partial charge in [0, 0.05) is 12.1 Å². The number of benzene rings is 2. The zero-order valence-corrected chi connectivity index (χ0v) is 12.6. The highest BCUT2D eigenvalue weighted by Crippen LogP contribution is 2.29. The van der Waals surface area contributed by atoms with Gasteiger partial charge in [-0.25, -0.2) is 0 Å². The van der Waals surface area contributed by atoms with E-state index in [0.29, 0.717) is 11.1 Å². The fourth-order valence-electron chi connectivity index (χ4n) is 2.14. The van der Waals surface area contributed by atoms with Crippen LogP contribution < -0.4 is 11.1 Å². The molecule has 2 rings (SSSR count). The molecule has 3 N–H and O–H groups in total. The maximum absolute atomic E-state index is 12.6. The van der Waals surface area contributed by atoms with E-state index >= 15 is 0 Å². The molecule has 2 aromatic rings. The first kappa shape index (κ1) is 17.5. The molecule has 0 aliphatic heterocycles. The highest BCUT2D eigenvalue weighted by atomic mass is 19.4. The van der Waals surface area contributed by atoms with Crippen molar-refractivity contribution in [3.05, 3.63) is 70.8 Å². The first-order valence-corrected chi connectivity index (χ1v) is 7.07. The van der Waals surface area contributed by atoms with Crippen LogP contribution in [0.15, 0.2) is 48.5 Å². The lowest BCUT2D eigenvalue weighted by molar-refractivity contribution is -0.137. The molecule has 4 nitrogen and oxygen atoms in total. The minimum Gasteiger partial charge on any atom is -0.366 e. The van der Waals surface area contributed by atoms with Crippen molar-refractivity contribution in [2.24, 2.45) is 5.73 Å². The van der Waals surface area contributed by atoms with E-state index in [2.05, 4.69) is 5.32 Å². The van der Waals surface area contributed by atoms with E-state index in [9.17, 15) is 22.8 Å². The summed E-state index contributed by atoms with van der Waals surface area (Å²) in [5.74, 6) is -0.994. The molecular weight excluding hydrogens is 321 g/mol. The van der Waals surface area contributed by atoms with Gasteiger partial charge in [0.2, 0.25) is 11.8 Å². The standard InChI is InChI=1S/C17H15F3N2O2/c18-17(19,20)14-6-2-3-11(8-14)9-15(23)22-10-12-4-1-5-13(7-12)16(21)24/h1-8H,9-10H2,(H2,21,24)(H,22,23). The summed E-state index contributed by atoms with van der Waals surface area (Å²) >= 11 is 0. The number of hydrogen-bond donors (Lipinski definition) is 2. The van der Waals surface area contributed by atoms with Crippen molar-refractivity contribution in [2.45, 2.75) is 19.1 Å². The Morgan fingerprint density at radius 1 is 1.00 bits per heavy atom. The molecule has 0 radical (unpaired) electrons. The molecule has 0 aliphatic rings. The first-order chi connectivity index (χ1) is 11.3. The van der Waals surface area contributed by atoms with E-state index in [1.54, 1.807) is 24.3 Å². The predicted molar refractivity (Wildman–Crippen MR) is 82.0 cm³/mol. The summed E-state index contributed by atoms with van der Waals surface area (Å²) in [5, 5.41) is 2.60. The number of rotatable bonds is 5. The summed E-state index contributed by atoms with van der Waals surface area (Å²) in [6.45, 7) is 0.152. The number of nitrogens with two attached hydrogens (primary N) is 1. The van der Waals surface area contributed by atoms with E-state index in [1.165, 1.54) is 12.1 Å². The number of hydrogen-bond acceptors (Lipinski definition) is 2. The van der Waals surface area contributed by atoms with E-state index in [0.717, 1.165) is 12.1 Å². The Labute approximate surface area is 136 Å². The Morgan fingerprint density at radius 2 is 1.67 bits per heavy atom. The van der Waals surface area contributed by atoms with Gasteiger partial charge in [0.15, 0.2) is 0 Å². The smallest absolute Gasteiger partial charge is 0.366 e. The third-order valence-corrected chi connectivity index (χ3v) is 3.32. The van der Waals surface area contributed by atoms with Gasteiger partial charge >= 0.3 is 6.18 Å². The number of carbonyl (C=O) groups excluding carboxylic acids is 2. The highest BCUT2D eigenvalue weighted by molar-refractivity contribution is 5.92. The topological polar surface area (TPSA) is 72.2 Å². The maximum Gasteiger partial charge on any atom is 0.416 e. The molecule has 0 aromatic heterocycles. The fourth-order valence-corrected chi connectivity index (χ4v) is 2.14. The molecule has 0 spiro atoms. The lowest BCUT2D eigenvalue weighted by Crippen LogP contribution is -2.25. The van der Waals surface area contributed by atoms with Crippen LogP contribution in [0.25, 0.3) is 0 Å². The third-order valence-electron chi connectivity index (χ3n) is 3.32. The average molecular weight is 336 g/mol. The minimum absolute atomic E-state index is 0.152. The average Bonchev–Trinajstić information content (AvgIpc) is 2.52. The first-order valence-electron chi connectivity index (χ1n) is 7.07. The Balaban J connectivity index is 1.97. The predicted octanol–water partition coefficient (Wildman–Crippen LogP) is 2.66. The minimum atomic E-state index is -4.44. The van der Waals surface area contributed by atoms with Gasteiger partial charge in [-0.3, -0.25) is 9.59 Å². The molecule has 0 bridgehead atoms. The highest BCUT2D eigenvalue weighted by Gasteiger charge is 2.30. The summed E-state index contributed by atoms with van der Waals surface area (Å²) in [7, 11) is 0. The number of halogens is 3. The summed E-state index contributed by atoms with van der Waals surface area (Å²) in [5.41, 5.74) is 5.64. The molecule has 0 saturated heterocycles. The summed E-state index contributed by atoms with van der Waals surface area (Å²) in [6.07, 6.45) is -4.61. The van der Waals surface area contributed by atoms with Crippen LogP contribution in [0.2, 0.25) is 0 Å². The van der Waals surface area contributed by atoms with E-state index in [4.69, 9.17) is 5.73 Å². The second-order valence-electron chi connectivity index (χ2n) is 5.22. The van der Waals surface area contributed by atoms with Crippen molar-refractivity contribution in [3.8, 4) is 0 Å².